The predicted molar refractivity (Wildman–Crippen MR) is 56.2 cm³/mol. The summed E-state index contributed by atoms with van der Waals surface area (Å²) in [5, 5.41) is 0.352. The normalized spacial score (nSPS) is 11.7. The molecular weight excluding hydrogens is 297 g/mol. The largest absolute Gasteiger partial charge is 0.482 e. The topological polar surface area (TPSA) is 12.0 Å². The van der Waals surface area contributed by atoms with E-state index in [4.69, 9.17) is 46.4 Å². The van der Waals surface area contributed by atoms with E-state index in [1.807, 2.05) is 0 Å². The number of halogens is 7. The van der Waals surface area contributed by atoms with Crippen LogP contribution < -0.4 is 5.32 Å². The molecule has 0 aliphatic heterocycles. The van der Waals surface area contributed by atoms with Crippen molar-refractivity contribution in [3.8, 4) is 0 Å². The van der Waals surface area contributed by atoms with Crippen LogP contribution in [0.3, 0.4) is 0 Å². The minimum atomic E-state index is -4.65. The van der Waals surface area contributed by atoms with Crippen molar-refractivity contribution in [2.75, 3.05) is 5.32 Å². The second kappa shape index (κ2) is 4.45. The standard InChI is InChI=1S/C7H2Cl4F3N/c8-2-1-3(9)6(5(11)4(2)10)15-7(12,13)14/h1,15H. The first kappa shape index (κ1) is 13.0. The number of hydrogen-bond donors (Lipinski definition) is 1. The number of anilines is 1. The van der Waals surface area contributed by atoms with Gasteiger partial charge >= 0.3 is 6.30 Å². The van der Waals surface area contributed by atoms with Crippen molar-refractivity contribution in [1.29, 1.82) is 0 Å². The molecule has 1 rings (SSSR count). The fourth-order valence-corrected chi connectivity index (χ4v) is 1.83. The second-order valence-electron chi connectivity index (χ2n) is 2.47. The molecule has 0 aliphatic carbocycles. The van der Waals surface area contributed by atoms with Crippen molar-refractivity contribution in [2.24, 2.45) is 0 Å². The van der Waals surface area contributed by atoms with Crippen molar-refractivity contribution in [3.63, 3.8) is 0 Å². The van der Waals surface area contributed by atoms with E-state index in [-0.39, 0.29) is 20.1 Å². The molecule has 1 aromatic carbocycles. The van der Waals surface area contributed by atoms with Gasteiger partial charge in [0.25, 0.3) is 0 Å². The number of rotatable bonds is 1. The lowest BCUT2D eigenvalue weighted by Crippen LogP contribution is -2.21. The molecule has 0 bridgehead atoms. The van der Waals surface area contributed by atoms with Crippen molar-refractivity contribution < 1.29 is 13.2 Å². The third kappa shape index (κ3) is 3.21. The van der Waals surface area contributed by atoms with Gasteiger partial charge in [0.2, 0.25) is 0 Å². The quantitative estimate of drug-likeness (QED) is 0.425. The van der Waals surface area contributed by atoms with Gasteiger partial charge in [0.05, 0.1) is 25.8 Å². The van der Waals surface area contributed by atoms with Crippen LogP contribution in [0.25, 0.3) is 0 Å². The highest BCUT2D eigenvalue weighted by Crippen LogP contribution is 2.42. The SMILES string of the molecule is FC(F)(F)Nc1c(Cl)cc(Cl)c(Cl)c1Cl. The van der Waals surface area contributed by atoms with Crippen LogP contribution in [0.15, 0.2) is 6.07 Å². The molecule has 1 aromatic rings. The minimum absolute atomic E-state index is 0.0145. The van der Waals surface area contributed by atoms with Crippen molar-refractivity contribution >= 4 is 52.1 Å². The van der Waals surface area contributed by atoms with Crippen molar-refractivity contribution in [2.45, 2.75) is 6.30 Å². The van der Waals surface area contributed by atoms with Gasteiger partial charge < -0.3 is 0 Å². The highest BCUT2D eigenvalue weighted by Gasteiger charge is 2.30. The zero-order valence-electron chi connectivity index (χ0n) is 6.72. The lowest BCUT2D eigenvalue weighted by atomic mass is 10.3. The first-order valence-corrected chi connectivity index (χ1v) is 4.91. The summed E-state index contributed by atoms with van der Waals surface area (Å²) in [6, 6.07) is 1.07. The molecule has 0 saturated heterocycles. The molecule has 84 valence electrons. The second-order valence-corrected chi connectivity index (χ2v) is 4.04. The highest BCUT2D eigenvalue weighted by atomic mass is 35.5. The van der Waals surface area contributed by atoms with Gasteiger partial charge in [0.15, 0.2) is 0 Å². The van der Waals surface area contributed by atoms with E-state index in [0.29, 0.717) is 0 Å². The van der Waals surface area contributed by atoms with Gasteiger partial charge in [-0.1, -0.05) is 46.4 Å². The van der Waals surface area contributed by atoms with Crippen LogP contribution in [0, 0.1) is 0 Å². The molecule has 0 saturated carbocycles. The Kier molecular flexibility index (Phi) is 3.87. The van der Waals surface area contributed by atoms with Crippen molar-refractivity contribution in [1.82, 2.24) is 0 Å². The zero-order chi connectivity index (χ0) is 11.8. The van der Waals surface area contributed by atoms with E-state index < -0.39 is 12.0 Å². The summed E-state index contributed by atoms with van der Waals surface area (Å²) < 4.78 is 36.1. The Hall–Kier alpha value is -0.0300. The Bertz CT molecular complexity index is 391. The van der Waals surface area contributed by atoms with Crippen molar-refractivity contribution in [3.05, 3.63) is 26.2 Å². The first-order valence-electron chi connectivity index (χ1n) is 3.40. The molecule has 1 nitrogen and oxygen atoms in total. The summed E-state index contributed by atoms with van der Waals surface area (Å²) in [6.07, 6.45) is -4.65. The Labute approximate surface area is 103 Å². The molecule has 0 spiro atoms. The van der Waals surface area contributed by atoms with Gasteiger partial charge in [-0.15, -0.1) is 0 Å². The Balaban J connectivity index is 3.24. The van der Waals surface area contributed by atoms with Crippen LogP contribution in [0.4, 0.5) is 18.9 Å². The molecule has 0 aromatic heterocycles. The zero-order valence-corrected chi connectivity index (χ0v) is 9.75. The van der Waals surface area contributed by atoms with E-state index in [9.17, 15) is 13.2 Å². The van der Waals surface area contributed by atoms with E-state index in [0.717, 1.165) is 6.07 Å². The number of alkyl halides is 3. The first-order chi connectivity index (χ1) is 6.72. The van der Waals surface area contributed by atoms with Gasteiger partial charge in [-0.05, 0) is 6.07 Å². The molecule has 0 atom stereocenters. The van der Waals surface area contributed by atoms with Crippen LogP contribution in [-0.2, 0) is 0 Å². The molecule has 0 unspecified atom stereocenters. The number of nitrogens with one attached hydrogen (secondary N) is 1. The molecule has 0 heterocycles. The van der Waals surface area contributed by atoms with Crippen LogP contribution in [0.2, 0.25) is 20.1 Å². The number of benzene rings is 1. The summed E-state index contributed by atoms with van der Waals surface area (Å²) in [6.45, 7) is 0. The van der Waals surface area contributed by atoms with Gasteiger partial charge in [-0.25, -0.2) is 0 Å². The van der Waals surface area contributed by atoms with E-state index in [1.54, 1.807) is 0 Å². The maximum Gasteiger partial charge on any atom is 0.482 e. The summed E-state index contributed by atoms with van der Waals surface area (Å²) >= 11 is 22.2. The van der Waals surface area contributed by atoms with Crippen LogP contribution in [0.1, 0.15) is 0 Å². The number of hydrogen-bond acceptors (Lipinski definition) is 1. The maximum atomic E-state index is 12.0. The van der Waals surface area contributed by atoms with Crippen LogP contribution in [-0.4, -0.2) is 6.30 Å². The fraction of sp³-hybridized carbons (Fsp3) is 0.143. The average molecular weight is 299 g/mol. The van der Waals surface area contributed by atoms with Gasteiger partial charge in [0, 0.05) is 0 Å². The Morgan fingerprint density at radius 1 is 0.933 bits per heavy atom. The maximum absolute atomic E-state index is 12.0. The minimum Gasteiger partial charge on any atom is -0.295 e. The summed E-state index contributed by atoms with van der Waals surface area (Å²) in [7, 11) is 0. The third-order valence-electron chi connectivity index (χ3n) is 1.38. The lowest BCUT2D eigenvalue weighted by molar-refractivity contribution is -0.0999. The average Bonchev–Trinajstić information content (AvgIpc) is 2.07. The van der Waals surface area contributed by atoms with E-state index in [1.165, 1.54) is 5.32 Å². The monoisotopic (exact) mass is 297 g/mol. The Morgan fingerprint density at radius 2 is 1.47 bits per heavy atom. The van der Waals surface area contributed by atoms with Gasteiger partial charge in [-0.3, -0.25) is 5.32 Å². The molecular formula is C7H2Cl4F3N. The van der Waals surface area contributed by atoms with Crippen LogP contribution >= 0.6 is 46.4 Å². The summed E-state index contributed by atoms with van der Waals surface area (Å²) in [5.41, 5.74) is -0.514. The van der Waals surface area contributed by atoms with Crippen LogP contribution in [0.5, 0.6) is 0 Å². The van der Waals surface area contributed by atoms with Gasteiger partial charge in [-0.2, -0.15) is 13.2 Å². The van der Waals surface area contributed by atoms with E-state index >= 15 is 0 Å². The molecule has 0 fully saturated rings. The van der Waals surface area contributed by atoms with Gasteiger partial charge in [0.1, 0.15) is 0 Å². The smallest absolute Gasteiger partial charge is 0.295 e. The lowest BCUT2D eigenvalue weighted by Gasteiger charge is -2.14. The molecule has 0 aliphatic rings. The molecule has 8 heteroatoms. The molecule has 1 N–H and O–H groups in total. The molecule has 15 heavy (non-hydrogen) atoms. The fourth-order valence-electron chi connectivity index (χ4n) is 0.823. The molecule has 0 amide bonds. The predicted octanol–water partition coefficient (Wildman–Crippen LogP) is 5.23. The molecule has 0 radical (unpaired) electrons. The summed E-state index contributed by atoms with van der Waals surface area (Å²) in [5.74, 6) is 0. The summed E-state index contributed by atoms with van der Waals surface area (Å²) in [4.78, 5) is 0. The Morgan fingerprint density at radius 3 is 1.93 bits per heavy atom. The third-order valence-corrected chi connectivity index (χ3v) is 2.94. The van der Waals surface area contributed by atoms with E-state index in [2.05, 4.69) is 0 Å². The highest BCUT2D eigenvalue weighted by molar-refractivity contribution is 6.51.